The van der Waals surface area contributed by atoms with Crippen molar-refractivity contribution in [2.45, 2.75) is 31.6 Å². The smallest absolute Gasteiger partial charge is 0.253 e. The van der Waals surface area contributed by atoms with E-state index < -0.39 is 0 Å². The third-order valence-electron chi connectivity index (χ3n) is 6.62. The van der Waals surface area contributed by atoms with Crippen molar-refractivity contribution in [3.8, 4) is 11.6 Å². The lowest BCUT2D eigenvalue weighted by Crippen LogP contribution is -2.37. The lowest BCUT2D eigenvalue weighted by Gasteiger charge is -2.32. The van der Waals surface area contributed by atoms with Crippen LogP contribution in [0.1, 0.15) is 46.9 Å². The number of carbonyl (C=O) groups is 2. The Hall–Kier alpha value is -4.17. The second-order valence-corrected chi connectivity index (χ2v) is 9.65. The Morgan fingerprint density at radius 1 is 1.00 bits per heavy atom. The summed E-state index contributed by atoms with van der Waals surface area (Å²) in [5.74, 6) is 2.21. The van der Waals surface area contributed by atoms with Gasteiger partial charge in [0.15, 0.2) is 0 Å². The first-order valence-electron chi connectivity index (χ1n) is 12.6. The molecular formula is C29H28ClN5O3. The van der Waals surface area contributed by atoms with Gasteiger partial charge < -0.3 is 19.9 Å². The van der Waals surface area contributed by atoms with Crippen LogP contribution in [0.25, 0.3) is 0 Å². The topological polar surface area (TPSA) is 100 Å². The number of carbonyl (C=O) groups excluding carboxylic acids is 2. The highest BCUT2D eigenvalue weighted by molar-refractivity contribution is 6.30. The number of amides is 2. The molecule has 0 aliphatic carbocycles. The summed E-state index contributed by atoms with van der Waals surface area (Å²) >= 11 is 5.86. The highest BCUT2D eigenvalue weighted by Gasteiger charge is 2.24. The summed E-state index contributed by atoms with van der Waals surface area (Å²) in [6, 6.07) is 18.5. The van der Waals surface area contributed by atoms with Crippen LogP contribution in [-0.4, -0.2) is 44.8 Å². The van der Waals surface area contributed by atoms with Crippen molar-refractivity contribution in [3.05, 3.63) is 101 Å². The molecule has 0 atom stereocenters. The summed E-state index contributed by atoms with van der Waals surface area (Å²) in [6.45, 7) is 1.39. The molecule has 0 saturated carbocycles. The molecular weight excluding hydrogens is 502 g/mol. The van der Waals surface area contributed by atoms with E-state index in [-0.39, 0.29) is 11.8 Å². The monoisotopic (exact) mass is 529 g/mol. The SMILES string of the molecule is O=C(CCc1ncc[nH]1)Nc1ccc(C2CCN(C(=O)c3ccc(Oc4ccc(Cl)cn4)cc3)CC2)cc1. The van der Waals surface area contributed by atoms with Crippen molar-refractivity contribution < 1.29 is 14.3 Å². The molecule has 0 unspecified atom stereocenters. The number of aromatic amines is 1. The first kappa shape index (κ1) is 25.5. The molecule has 38 heavy (non-hydrogen) atoms. The fourth-order valence-electron chi connectivity index (χ4n) is 4.54. The van der Waals surface area contributed by atoms with Gasteiger partial charge in [-0.3, -0.25) is 9.59 Å². The molecule has 9 heteroatoms. The van der Waals surface area contributed by atoms with E-state index in [1.54, 1.807) is 48.8 Å². The Morgan fingerprint density at radius 2 is 1.76 bits per heavy atom. The zero-order valence-corrected chi connectivity index (χ0v) is 21.5. The second-order valence-electron chi connectivity index (χ2n) is 9.21. The maximum absolute atomic E-state index is 13.0. The minimum Gasteiger partial charge on any atom is -0.439 e. The van der Waals surface area contributed by atoms with Crippen molar-refractivity contribution in [2.75, 3.05) is 18.4 Å². The van der Waals surface area contributed by atoms with E-state index in [9.17, 15) is 9.59 Å². The number of halogens is 1. The molecule has 2 aromatic carbocycles. The summed E-state index contributed by atoms with van der Waals surface area (Å²) in [4.78, 5) is 38.4. The van der Waals surface area contributed by atoms with Crippen LogP contribution in [-0.2, 0) is 11.2 Å². The number of H-pyrrole nitrogens is 1. The van der Waals surface area contributed by atoms with E-state index in [4.69, 9.17) is 16.3 Å². The minimum atomic E-state index is -0.0396. The third-order valence-corrected chi connectivity index (χ3v) is 6.84. The number of ether oxygens (including phenoxy) is 1. The van der Waals surface area contributed by atoms with Gasteiger partial charge in [-0.25, -0.2) is 9.97 Å². The van der Waals surface area contributed by atoms with Gasteiger partial charge in [0, 0.05) is 61.8 Å². The van der Waals surface area contributed by atoms with Crippen LogP contribution in [0.15, 0.2) is 79.3 Å². The Bertz CT molecular complexity index is 1350. The summed E-state index contributed by atoms with van der Waals surface area (Å²) in [6.07, 6.45) is 7.69. The van der Waals surface area contributed by atoms with E-state index in [0.717, 1.165) is 24.4 Å². The third kappa shape index (κ3) is 6.58. The highest BCUT2D eigenvalue weighted by atomic mass is 35.5. The van der Waals surface area contributed by atoms with Crippen molar-refractivity contribution in [1.82, 2.24) is 19.9 Å². The molecule has 2 amide bonds. The Morgan fingerprint density at radius 3 is 2.42 bits per heavy atom. The fourth-order valence-corrected chi connectivity index (χ4v) is 4.65. The number of hydrogen-bond donors (Lipinski definition) is 2. The maximum atomic E-state index is 13.0. The number of aryl methyl sites for hydroxylation is 1. The fraction of sp³-hybridized carbons (Fsp3) is 0.241. The molecule has 8 nitrogen and oxygen atoms in total. The van der Waals surface area contributed by atoms with Gasteiger partial charge in [0.05, 0.1) is 5.02 Å². The lowest BCUT2D eigenvalue weighted by molar-refractivity contribution is -0.116. The molecule has 1 saturated heterocycles. The minimum absolute atomic E-state index is 0.0206. The van der Waals surface area contributed by atoms with Crippen LogP contribution in [0.5, 0.6) is 11.6 Å². The van der Waals surface area contributed by atoms with Gasteiger partial charge >= 0.3 is 0 Å². The average molecular weight is 530 g/mol. The van der Waals surface area contributed by atoms with Crippen molar-refractivity contribution in [1.29, 1.82) is 0 Å². The number of imidazole rings is 1. The number of benzene rings is 2. The lowest BCUT2D eigenvalue weighted by atomic mass is 9.89. The number of pyridine rings is 1. The molecule has 1 fully saturated rings. The molecule has 5 rings (SSSR count). The quantitative estimate of drug-likeness (QED) is 0.298. The number of nitrogens with one attached hydrogen (secondary N) is 2. The zero-order valence-electron chi connectivity index (χ0n) is 20.8. The molecule has 0 spiro atoms. The van der Waals surface area contributed by atoms with E-state index in [1.165, 1.54) is 11.8 Å². The van der Waals surface area contributed by atoms with Crippen molar-refractivity contribution in [2.24, 2.45) is 0 Å². The van der Waals surface area contributed by atoms with E-state index >= 15 is 0 Å². The molecule has 0 bridgehead atoms. The first-order valence-corrected chi connectivity index (χ1v) is 13.0. The van der Waals surface area contributed by atoms with Gasteiger partial charge in [-0.15, -0.1) is 0 Å². The summed E-state index contributed by atoms with van der Waals surface area (Å²) in [5, 5.41) is 3.49. The number of rotatable bonds is 8. The number of anilines is 1. The van der Waals surface area contributed by atoms with Crippen molar-refractivity contribution >= 4 is 29.1 Å². The van der Waals surface area contributed by atoms with Gasteiger partial charge in [0.1, 0.15) is 11.6 Å². The molecule has 194 valence electrons. The zero-order chi connectivity index (χ0) is 26.3. The van der Waals surface area contributed by atoms with E-state index in [0.29, 0.717) is 54.1 Å². The van der Waals surface area contributed by atoms with Crippen LogP contribution in [0.2, 0.25) is 5.02 Å². The van der Waals surface area contributed by atoms with Crippen LogP contribution in [0.4, 0.5) is 5.69 Å². The van der Waals surface area contributed by atoms with Crippen LogP contribution < -0.4 is 10.1 Å². The van der Waals surface area contributed by atoms with E-state index in [2.05, 4.69) is 32.4 Å². The van der Waals surface area contributed by atoms with E-state index in [1.807, 2.05) is 17.0 Å². The van der Waals surface area contributed by atoms with Gasteiger partial charge in [0.25, 0.3) is 5.91 Å². The largest absolute Gasteiger partial charge is 0.439 e. The van der Waals surface area contributed by atoms with Gasteiger partial charge in [0.2, 0.25) is 11.8 Å². The number of nitrogens with zero attached hydrogens (tertiary/aromatic N) is 3. The number of likely N-dealkylation sites (tertiary alicyclic amines) is 1. The summed E-state index contributed by atoms with van der Waals surface area (Å²) in [7, 11) is 0. The predicted octanol–water partition coefficient (Wildman–Crippen LogP) is 5.84. The van der Waals surface area contributed by atoms with Crippen LogP contribution in [0, 0.1) is 0 Å². The first-order chi connectivity index (χ1) is 18.5. The Labute approximate surface area is 226 Å². The average Bonchev–Trinajstić information content (AvgIpc) is 3.48. The summed E-state index contributed by atoms with van der Waals surface area (Å²) < 4.78 is 5.71. The standard InChI is InChI=1S/C29H28ClN5O3/c30-23-5-12-28(33-19-23)38-25-8-3-22(4-9-25)29(37)35-17-13-21(14-18-35)20-1-6-24(7-2-20)34-27(36)11-10-26-31-15-16-32-26/h1-9,12,15-16,19,21H,10-11,13-14,17-18H2,(H,31,32)(H,34,36). The van der Waals surface area contributed by atoms with Gasteiger partial charge in [-0.05, 0) is 66.8 Å². The van der Waals surface area contributed by atoms with Gasteiger partial charge in [-0.2, -0.15) is 0 Å². The molecule has 0 radical (unpaired) electrons. The maximum Gasteiger partial charge on any atom is 0.253 e. The second kappa shape index (κ2) is 11.9. The molecule has 2 aromatic heterocycles. The highest BCUT2D eigenvalue weighted by Crippen LogP contribution is 2.30. The summed E-state index contributed by atoms with van der Waals surface area (Å²) in [5.41, 5.74) is 2.64. The number of piperidine rings is 1. The molecule has 4 aromatic rings. The number of aromatic nitrogens is 3. The molecule has 1 aliphatic rings. The Balaban J connectivity index is 1.09. The normalized spacial score (nSPS) is 13.8. The predicted molar refractivity (Wildman–Crippen MR) is 146 cm³/mol. The molecule has 1 aliphatic heterocycles. The number of hydrogen-bond acceptors (Lipinski definition) is 5. The molecule has 2 N–H and O–H groups in total. The van der Waals surface area contributed by atoms with Crippen LogP contribution in [0.3, 0.4) is 0 Å². The Kier molecular flexibility index (Phi) is 7.99. The molecule has 3 heterocycles. The van der Waals surface area contributed by atoms with Crippen molar-refractivity contribution in [3.63, 3.8) is 0 Å². The van der Waals surface area contributed by atoms with Gasteiger partial charge in [-0.1, -0.05) is 23.7 Å². The van der Waals surface area contributed by atoms with Crippen LogP contribution >= 0.6 is 11.6 Å².